The van der Waals surface area contributed by atoms with Crippen LogP contribution < -0.4 is 4.90 Å². The summed E-state index contributed by atoms with van der Waals surface area (Å²) in [7, 11) is -3.23. The molecule has 1 aliphatic rings. The molecule has 1 atom stereocenters. The van der Waals surface area contributed by atoms with Gasteiger partial charge in [0.15, 0.2) is 9.84 Å². The molecule has 1 fully saturated rings. The Morgan fingerprint density at radius 1 is 1.63 bits per heavy atom. The largest absolute Gasteiger partial charge is 0.338 e. The van der Waals surface area contributed by atoms with Crippen LogP contribution in [0.5, 0.6) is 0 Å². The molecule has 0 spiro atoms. The number of thioether (sulfide) groups is 1. The summed E-state index contributed by atoms with van der Waals surface area (Å²) in [6, 6.07) is 1.30. The molecule has 2 heterocycles. The molecule has 1 aliphatic heterocycles. The molecule has 0 N–H and O–H groups in total. The molecule has 0 aromatic carbocycles. The molecule has 19 heavy (non-hydrogen) atoms. The third-order valence-electron chi connectivity index (χ3n) is 2.90. The van der Waals surface area contributed by atoms with Gasteiger partial charge in [-0.05, 0) is 6.07 Å². The van der Waals surface area contributed by atoms with E-state index in [9.17, 15) is 12.8 Å². The number of hydrogen-bond acceptors (Lipinski definition) is 5. The lowest BCUT2D eigenvalue weighted by Crippen LogP contribution is -2.47. The fourth-order valence-electron chi connectivity index (χ4n) is 2.01. The fraction of sp³-hybridized carbons (Fsp3) is 0.545. The van der Waals surface area contributed by atoms with Crippen molar-refractivity contribution in [3.8, 4) is 0 Å². The minimum Gasteiger partial charge on any atom is -0.338 e. The molecular weight excluding hydrogens is 311 g/mol. The first-order valence-electron chi connectivity index (χ1n) is 5.67. The number of alkyl halides is 1. The predicted octanol–water partition coefficient (Wildman–Crippen LogP) is 1.88. The Labute approximate surface area is 121 Å². The summed E-state index contributed by atoms with van der Waals surface area (Å²) in [6.45, 7) is 0.560. The van der Waals surface area contributed by atoms with Crippen LogP contribution in [-0.2, 0) is 15.7 Å². The van der Waals surface area contributed by atoms with Crippen molar-refractivity contribution >= 4 is 39.0 Å². The lowest BCUT2D eigenvalue weighted by Gasteiger charge is -2.35. The molecule has 1 aromatic rings. The van der Waals surface area contributed by atoms with Crippen LogP contribution >= 0.6 is 23.4 Å². The van der Waals surface area contributed by atoms with Gasteiger partial charge in [0.25, 0.3) is 0 Å². The van der Waals surface area contributed by atoms with Crippen LogP contribution in [-0.4, -0.2) is 43.1 Å². The van der Waals surface area contributed by atoms with Gasteiger partial charge in [0.05, 0.1) is 12.1 Å². The Hall–Kier alpha value is -0.530. The molecule has 0 aliphatic carbocycles. The number of pyridine rings is 1. The molecule has 1 aromatic heterocycles. The predicted molar refractivity (Wildman–Crippen MR) is 77.1 cm³/mol. The molecule has 1 unspecified atom stereocenters. The zero-order valence-corrected chi connectivity index (χ0v) is 12.7. The van der Waals surface area contributed by atoms with E-state index in [-0.39, 0.29) is 5.88 Å². The highest BCUT2D eigenvalue weighted by Gasteiger charge is 2.32. The number of hydrogen-bond donors (Lipinski definition) is 0. The molecule has 4 nitrogen and oxygen atoms in total. The van der Waals surface area contributed by atoms with Gasteiger partial charge in [-0.3, -0.25) is 0 Å². The minimum absolute atomic E-state index is 0.0974. The van der Waals surface area contributed by atoms with Crippen LogP contribution in [0.3, 0.4) is 0 Å². The van der Waals surface area contributed by atoms with Gasteiger partial charge in [-0.1, -0.05) is 0 Å². The summed E-state index contributed by atoms with van der Waals surface area (Å²) >= 11 is 7.39. The molecular formula is C11H14ClFN2O2S2. The summed E-state index contributed by atoms with van der Waals surface area (Å²) in [6.07, 6.45) is 2.30. The summed E-state index contributed by atoms with van der Waals surface area (Å²) in [5.41, 5.74) is 0.516. The van der Waals surface area contributed by atoms with Gasteiger partial charge in [-0.15, -0.1) is 11.6 Å². The van der Waals surface area contributed by atoms with E-state index in [1.54, 1.807) is 16.7 Å². The topological polar surface area (TPSA) is 50.3 Å². The molecule has 1 saturated heterocycles. The third kappa shape index (κ3) is 3.32. The van der Waals surface area contributed by atoms with Crippen molar-refractivity contribution in [3.63, 3.8) is 0 Å². The Morgan fingerprint density at radius 3 is 3.00 bits per heavy atom. The second-order valence-corrected chi connectivity index (χ2v) is 7.94. The molecule has 0 saturated carbocycles. The van der Waals surface area contributed by atoms with Crippen LogP contribution in [0.15, 0.2) is 12.3 Å². The normalized spacial score (nSPS) is 20.6. The first-order valence-corrected chi connectivity index (χ1v) is 9.31. The monoisotopic (exact) mass is 324 g/mol. The van der Waals surface area contributed by atoms with E-state index in [0.29, 0.717) is 23.7 Å². The number of aromatic nitrogens is 1. The van der Waals surface area contributed by atoms with Crippen molar-refractivity contribution in [2.24, 2.45) is 0 Å². The average molecular weight is 325 g/mol. The van der Waals surface area contributed by atoms with Crippen LogP contribution in [0.1, 0.15) is 5.56 Å². The number of sulfone groups is 1. The number of nitrogens with zero attached hydrogens (tertiary/aromatic N) is 2. The minimum atomic E-state index is -3.23. The van der Waals surface area contributed by atoms with E-state index in [0.717, 1.165) is 11.9 Å². The molecule has 2 rings (SSSR count). The fourth-order valence-corrected chi connectivity index (χ4v) is 5.02. The van der Waals surface area contributed by atoms with Crippen LogP contribution in [0, 0.1) is 5.82 Å². The lowest BCUT2D eigenvalue weighted by atomic mass is 10.2. The zero-order valence-electron chi connectivity index (χ0n) is 10.3. The van der Waals surface area contributed by atoms with Gasteiger partial charge in [0.1, 0.15) is 17.0 Å². The second kappa shape index (κ2) is 5.85. The van der Waals surface area contributed by atoms with Gasteiger partial charge in [0.2, 0.25) is 0 Å². The molecule has 8 heteroatoms. The van der Waals surface area contributed by atoms with E-state index in [2.05, 4.69) is 4.98 Å². The lowest BCUT2D eigenvalue weighted by molar-refractivity contribution is 0.582. The summed E-state index contributed by atoms with van der Waals surface area (Å²) in [4.78, 5) is 5.74. The Balaban J connectivity index is 2.43. The summed E-state index contributed by atoms with van der Waals surface area (Å²) < 4.78 is 36.9. The van der Waals surface area contributed by atoms with Gasteiger partial charge in [-0.2, -0.15) is 11.8 Å². The van der Waals surface area contributed by atoms with Gasteiger partial charge < -0.3 is 4.90 Å². The standard InChI is InChI=1S/C11H14ClFN2O2S2/c1-19(16,17)10-7-18-3-2-15(10)11-8(5-12)4-9(13)6-14-11/h4,6,10H,2-3,5,7H2,1H3. The van der Waals surface area contributed by atoms with E-state index in [1.165, 1.54) is 12.3 Å². The molecule has 106 valence electrons. The van der Waals surface area contributed by atoms with Gasteiger partial charge in [-0.25, -0.2) is 17.8 Å². The van der Waals surface area contributed by atoms with Crippen molar-refractivity contribution in [2.45, 2.75) is 11.3 Å². The maximum Gasteiger partial charge on any atom is 0.169 e. The van der Waals surface area contributed by atoms with Crippen LogP contribution in [0.25, 0.3) is 0 Å². The van der Waals surface area contributed by atoms with Gasteiger partial charge >= 0.3 is 0 Å². The van der Waals surface area contributed by atoms with Crippen molar-refractivity contribution in [1.82, 2.24) is 4.98 Å². The number of anilines is 1. The second-order valence-electron chi connectivity index (χ2n) is 4.32. The highest BCUT2D eigenvalue weighted by molar-refractivity contribution is 8.01. The van der Waals surface area contributed by atoms with E-state index >= 15 is 0 Å². The molecule has 0 amide bonds. The number of rotatable bonds is 3. The third-order valence-corrected chi connectivity index (χ3v) is 5.84. The van der Waals surface area contributed by atoms with E-state index in [4.69, 9.17) is 11.6 Å². The maximum absolute atomic E-state index is 13.2. The first kappa shape index (κ1) is 14.9. The number of halogens is 2. The van der Waals surface area contributed by atoms with Gasteiger partial charge in [0, 0.05) is 29.9 Å². The SMILES string of the molecule is CS(=O)(=O)C1CSCCN1c1ncc(F)cc1CCl. The summed E-state index contributed by atoms with van der Waals surface area (Å²) in [5, 5.41) is -0.633. The van der Waals surface area contributed by atoms with Crippen LogP contribution in [0.4, 0.5) is 10.2 Å². The molecule has 0 bridgehead atoms. The Kier molecular flexibility index (Phi) is 4.58. The van der Waals surface area contributed by atoms with Crippen LogP contribution in [0.2, 0.25) is 0 Å². The molecule has 0 radical (unpaired) electrons. The van der Waals surface area contributed by atoms with Crippen molar-refractivity contribution in [1.29, 1.82) is 0 Å². The van der Waals surface area contributed by atoms with Crippen molar-refractivity contribution in [2.75, 3.05) is 29.2 Å². The maximum atomic E-state index is 13.2. The Bertz CT molecular complexity index is 568. The van der Waals surface area contributed by atoms with Crippen molar-refractivity contribution in [3.05, 3.63) is 23.6 Å². The average Bonchev–Trinajstić information content (AvgIpc) is 2.37. The highest BCUT2D eigenvalue weighted by Crippen LogP contribution is 2.28. The van der Waals surface area contributed by atoms with E-state index < -0.39 is 21.0 Å². The quantitative estimate of drug-likeness (QED) is 0.795. The smallest absolute Gasteiger partial charge is 0.169 e. The zero-order chi connectivity index (χ0) is 14.0. The van der Waals surface area contributed by atoms with Crippen molar-refractivity contribution < 1.29 is 12.8 Å². The highest BCUT2D eigenvalue weighted by atomic mass is 35.5. The van der Waals surface area contributed by atoms with E-state index in [1.807, 2.05) is 0 Å². The Morgan fingerprint density at radius 2 is 2.37 bits per heavy atom. The first-order chi connectivity index (χ1) is 8.93. The summed E-state index contributed by atoms with van der Waals surface area (Å²) in [5.74, 6) is 1.39.